The van der Waals surface area contributed by atoms with E-state index in [1.54, 1.807) is 11.6 Å². The number of ether oxygens (including phenoxy) is 3. The van der Waals surface area contributed by atoms with E-state index in [-0.39, 0.29) is 51.6 Å². The van der Waals surface area contributed by atoms with Crippen molar-refractivity contribution in [3.8, 4) is 16.9 Å². The zero-order valence-corrected chi connectivity index (χ0v) is 19.5. The predicted molar refractivity (Wildman–Crippen MR) is 120 cm³/mol. The summed E-state index contributed by atoms with van der Waals surface area (Å²) < 4.78 is 34.2. The molecule has 0 amide bonds. The van der Waals surface area contributed by atoms with E-state index in [1.165, 1.54) is 16.8 Å². The lowest BCUT2D eigenvalue weighted by Gasteiger charge is -2.17. The molecule has 0 saturated carbocycles. The number of nitrogens with zero attached hydrogens (tertiary/aromatic N) is 2. The molecule has 1 aromatic heterocycles. The molecular weight excluding hydrogens is 462 g/mol. The van der Waals surface area contributed by atoms with Crippen molar-refractivity contribution in [2.45, 2.75) is 46.2 Å². The van der Waals surface area contributed by atoms with Crippen LogP contribution in [0.1, 0.15) is 33.1 Å². The zero-order chi connectivity index (χ0) is 23.3. The van der Waals surface area contributed by atoms with Crippen LogP contribution in [0.3, 0.4) is 0 Å². The van der Waals surface area contributed by atoms with Crippen LogP contribution in [0.15, 0.2) is 28.8 Å². The maximum absolute atomic E-state index is 14.8. The molecular formula is C22H25Cl2FN2O5. The average Bonchev–Trinajstić information content (AvgIpc) is 3.02. The molecule has 3 rings (SSSR count). The van der Waals surface area contributed by atoms with Gasteiger partial charge in [0.25, 0.3) is 5.56 Å². The summed E-state index contributed by atoms with van der Waals surface area (Å²) >= 11 is 12.6. The van der Waals surface area contributed by atoms with E-state index in [1.807, 2.05) is 6.92 Å². The van der Waals surface area contributed by atoms with Gasteiger partial charge in [0.15, 0.2) is 0 Å². The summed E-state index contributed by atoms with van der Waals surface area (Å²) in [7, 11) is 0. The monoisotopic (exact) mass is 486 g/mol. The number of esters is 1. The lowest BCUT2D eigenvalue weighted by Crippen LogP contribution is -2.27. The molecule has 32 heavy (non-hydrogen) atoms. The minimum atomic E-state index is -0.686. The van der Waals surface area contributed by atoms with Crippen LogP contribution in [-0.2, 0) is 27.4 Å². The lowest BCUT2D eigenvalue weighted by molar-refractivity contribution is -0.137. The number of aromatic nitrogens is 2. The second-order valence-electron chi connectivity index (χ2n) is 7.19. The molecule has 0 N–H and O–H groups in total. The first-order valence-corrected chi connectivity index (χ1v) is 11.2. The Balaban J connectivity index is 1.91. The summed E-state index contributed by atoms with van der Waals surface area (Å²) in [6.07, 6.45) is 3.66. The maximum Gasteiger partial charge on any atom is 0.334 e. The quantitative estimate of drug-likeness (QED) is 0.289. The molecule has 0 radical (unpaired) electrons. The number of hydrogen-bond donors (Lipinski definition) is 0. The fourth-order valence-corrected chi connectivity index (χ4v) is 3.97. The molecule has 2 aromatic rings. The van der Waals surface area contributed by atoms with Crippen molar-refractivity contribution in [2.24, 2.45) is 0 Å². The largest absolute Gasteiger partial charge is 0.494 e. The Hall–Kier alpha value is -2.45. The smallest absolute Gasteiger partial charge is 0.334 e. The number of rotatable bonds is 9. The Bertz CT molecular complexity index is 1080. The topological polar surface area (TPSA) is 71.7 Å². The summed E-state index contributed by atoms with van der Waals surface area (Å²) in [5.41, 5.74) is -0.299. The van der Waals surface area contributed by atoms with E-state index >= 15 is 0 Å². The van der Waals surface area contributed by atoms with Gasteiger partial charge in [-0.1, -0.05) is 30.1 Å². The predicted octanol–water partition coefficient (Wildman–Crippen LogP) is 4.81. The molecule has 0 aliphatic carbocycles. The fourth-order valence-electron chi connectivity index (χ4n) is 3.41. The molecule has 10 heteroatoms. The van der Waals surface area contributed by atoms with Gasteiger partial charge in [0.1, 0.15) is 29.1 Å². The standard InChI is InChI=1S/C22H25Cl2FN2O5/c1-3-9-31-14(10-19(28)30-4-2)13-32-18-11-15(17(25)12-16(18)23)20-21(24)26-7-5-6-8-27(26)22(20)29/h10-12H,3-9,13H2,1-2H3/b14-10+. The van der Waals surface area contributed by atoms with Crippen LogP contribution in [0, 0.1) is 5.82 Å². The zero-order valence-electron chi connectivity index (χ0n) is 18.0. The lowest BCUT2D eigenvalue weighted by atomic mass is 10.1. The van der Waals surface area contributed by atoms with Crippen molar-refractivity contribution < 1.29 is 23.4 Å². The van der Waals surface area contributed by atoms with Crippen LogP contribution in [0.2, 0.25) is 10.2 Å². The maximum atomic E-state index is 14.8. The first kappa shape index (κ1) is 24.2. The number of fused-ring (bicyclic) bond motifs is 1. The first-order chi connectivity index (χ1) is 15.4. The van der Waals surface area contributed by atoms with Gasteiger partial charge in [-0.25, -0.2) is 13.9 Å². The van der Waals surface area contributed by atoms with Crippen LogP contribution < -0.4 is 10.3 Å². The summed E-state index contributed by atoms with van der Waals surface area (Å²) in [6.45, 7) is 5.19. The molecule has 2 heterocycles. The van der Waals surface area contributed by atoms with E-state index in [9.17, 15) is 14.0 Å². The highest BCUT2D eigenvalue weighted by atomic mass is 35.5. The van der Waals surface area contributed by atoms with Crippen LogP contribution in [0.4, 0.5) is 4.39 Å². The third-order valence-corrected chi connectivity index (χ3v) is 5.56. The van der Waals surface area contributed by atoms with Crippen molar-refractivity contribution in [2.75, 3.05) is 19.8 Å². The number of carbonyl (C=O) groups excluding carboxylic acids is 1. The molecule has 1 aliphatic heterocycles. The molecule has 1 aliphatic rings. The van der Waals surface area contributed by atoms with Gasteiger partial charge >= 0.3 is 5.97 Å². The molecule has 174 valence electrons. The Labute approximate surface area is 195 Å². The fraction of sp³-hybridized carbons (Fsp3) is 0.455. The Kier molecular flexibility index (Phi) is 8.26. The highest BCUT2D eigenvalue weighted by Crippen LogP contribution is 2.36. The number of hydrogen-bond acceptors (Lipinski definition) is 5. The van der Waals surface area contributed by atoms with Crippen molar-refractivity contribution >= 4 is 29.2 Å². The van der Waals surface area contributed by atoms with Crippen molar-refractivity contribution in [1.29, 1.82) is 0 Å². The molecule has 1 aromatic carbocycles. The van der Waals surface area contributed by atoms with Gasteiger partial charge in [0.05, 0.1) is 29.9 Å². The molecule has 0 fully saturated rings. The van der Waals surface area contributed by atoms with E-state index < -0.39 is 11.8 Å². The van der Waals surface area contributed by atoms with Gasteiger partial charge in [0.2, 0.25) is 0 Å². The second-order valence-corrected chi connectivity index (χ2v) is 7.95. The number of benzene rings is 1. The Morgan fingerprint density at radius 3 is 2.53 bits per heavy atom. The molecule has 7 nitrogen and oxygen atoms in total. The summed E-state index contributed by atoms with van der Waals surface area (Å²) in [6, 6.07) is 2.42. The second kappa shape index (κ2) is 10.9. The van der Waals surface area contributed by atoms with Crippen LogP contribution in [0.25, 0.3) is 11.1 Å². The van der Waals surface area contributed by atoms with Crippen molar-refractivity contribution in [3.63, 3.8) is 0 Å². The number of halogens is 3. The van der Waals surface area contributed by atoms with Gasteiger partial charge in [-0.2, -0.15) is 0 Å². The molecule has 0 unspecified atom stereocenters. The van der Waals surface area contributed by atoms with E-state index in [4.69, 9.17) is 37.4 Å². The van der Waals surface area contributed by atoms with Crippen molar-refractivity contribution in [3.05, 3.63) is 50.3 Å². The Morgan fingerprint density at radius 2 is 1.88 bits per heavy atom. The van der Waals surface area contributed by atoms with Gasteiger partial charge in [-0.05, 0) is 38.3 Å². The highest BCUT2D eigenvalue weighted by Gasteiger charge is 2.25. The van der Waals surface area contributed by atoms with Gasteiger partial charge in [-0.15, -0.1) is 0 Å². The van der Waals surface area contributed by atoms with Crippen LogP contribution in [-0.4, -0.2) is 35.2 Å². The van der Waals surface area contributed by atoms with Crippen LogP contribution in [0.5, 0.6) is 5.75 Å². The molecule has 0 saturated heterocycles. The summed E-state index contributed by atoms with van der Waals surface area (Å²) in [5, 5.41) is 0.188. The third kappa shape index (κ3) is 5.30. The highest BCUT2D eigenvalue weighted by molar-refractivity contribution is 6.33. The molecule has 0 bridgehead atoms. The van der Waals surface area contributed by atoms with Gasteiger partial charge < -0.3 is 14.2 Å². The number of carbonyl (C=O) groups is 1. The molecule has 0 atom stereocenters. The Morgan fingerprint density at radius 1 is 1.16 bits per heavy atom. The van der Waals surface area contributed by atoms with E-state index in [0.29, 0.717) is 19.7 Å². The minimum Gasteiger partial charge on any atom is -0.494 e. The third-order valence-electron chi connectivity index (χ3n) is 4.88. The summed E-state index contributed by atoms with van der Waals surface area (Å²) in [4.78, 5) is 24.7. The normalized spacial score (nSPS) is 13.6. The SMILES string of the molecule is CCCO/C(=C/C(=O)OCC)COc1cc(-c2c(Cl)n3n(c2=O)CCCC3)c(F)cc1Cl. The minimum absolute atomic E-state index is 0.000742. The van der Waals surface area contributed by atoms with Crippen molar-refractivity contribution in [1.82, 2.24) is 9.36 Å². The van der Waals surface area contributed by atoms with E-state index in [0.717, 1.165) is 25.3 Å². The first-order valence-electron chi connectivity index (χ1n) is 10.5. The molecule has 0 spiro atoms. The van der Waals surface area contributed by atoms with Gasteiger partial charge in [0, 0.05) is 18.7 Å². The van der Waals surface area contributed by atoms with Gasteiger partial charge in [-0.3, -0.25) is 9.48 Å². The summed E-state index contributed by atoms with van der Waals surface area (Å²) in [5.74, 6) is -0.881. The van der Waals surface area contributed by atoms with E-state index in [2.05, 4.69) is 0 Å². The average molecular weight is 487 g/mol. The van der Waals surface area contributed by atoms with Crippen LogP contribution >= 0.6 is 23.2 Å².